The molecule has 2 aromatic carbocycles. The number of piperazine rings is 1. The van der Waals surface area contributed by atoms with Crippen LogP contribution in [-0.4, -0.2) is 59.5 Å². The van der Waals surface area contributed by atoms with Gasteiger partial charge in [-0.25, -0.2) is 14.8 Å². The molecule has 1 fully saturated rings. The molecule has 0 unspecified atom stereocenters. The van der Waals surface area contributed by atoms with Crippen LogP contribution in [0.25, 0.3) is 33.9 Å². The number of carbonyl (C=O) groups is 2. The first-order chi connectivity index (χ1) is 18.7. The van der Waals surface area contributed by atoms with Gasteiger partial charge in [0.2, 0.25) is 0 Å². The number of carbonyl (C=O) groups excluding carboxylic acids is 2. The fraction of sp³-hybridized carbons (Fsp3) is 0.172. The monoisotopic (exact) mass is 508 g/mol. The Labute approximate surface area is 218 Å². The van der Waals surface area contributed by atoms with Crippen molar-refractivity contribution < 1.29 is 23.2 Å². The molecule has 4 heterocycles. The zero-order valence-corrected chi connectivity index (χ0v) is 20.4. The Morgan fingerprint density at radius 3 is 2.05 bits per heavy atom. The van der Waals surface area contributed by atoms with Gasteiger partial charge in [-0.2, -0.15) is 0 Å². The Morgan fingerprint density at radius 2 is 1.42 bits per heavy atom. The van der Waals surface area contributed by atoms with E-state index in [0.717, 1.165) is 18.8 Å². The third kappa shape index (κ3) is 4.73. The van der Waals surface area contributed by atoms with Crippen LogP contribution in [0.5, 0.6) is 0 Å². The Balaban J connectivity index is 1.14. The quantitative estimate of drug-likeness (QED) is 0.305. The third-order valence-electron chi connectivity index (χ3n) is 6.49. The lowest BCUT2D eigenvalue weighted by atomic mass is 10.1. The summed E-state index contributed by atoms with van der Waals surface area (Å²) in [7, 11) is 0. The molecule has 9 nitrogen and oxygen atoms in total. The molecular weight excluding hydrogens is 484 g/mol. The highest BCUT2D eigenvalue weighted by Gasteiger charge is 2.23. The van der Waals surface area contributed by atoms with Crippen LogP contribution in [0.3, 0.4) is 0 Å². The molecule has 0 saturated carbocycles. The molecule has 0 aliphatic carbocycles. The minimum absolute atomic E-state index is 0.213. The van der Waals surface area contributed by atoms with Gasteiger partial charge in [0.1, 0.15) is 11.4 Å². The minimum Gasteiger partial charge on any atom is -0.463 e. The van der Waals surface area contributed by atoms with Gasteiger partial charge < -0.3 is 23.4 Å². The summed E-state index contributed by atoms with van der Waals surface area (Å²) in [6, 6.07) is 22.1. The van der Waals surface area contributed by atoms with Gasteiger partial charge in [-0.05, 0) is 54.6 Å². The molecule has 0 bridgehead atoms. The largest absolute Gasteiger partial charge is 0.463 e. The van der Waals surface area contributed by atoms with Crippen molar-refractivity contribution in [3.63, 3.8) is 0 Å². The SMILES string of the molecule is O=C(OCC(=O)N1CCN(c2ccccc2)CC1)c1ccc2nc(-c3ccco3)c(-c3ccco3)nc2c1. The molecule has 1 aliphatic heterocycles. The van der Waals surface area contributed by atoms with Gasteiger partial charge >= 0.3 is 5.97 Å². The maximum absolute atomic E-state index is 12.8. The number of para-hydroxylation sites is 1. The second kappa shape index (κ2) is 10.2. The summed E-state index contributed by atoms with van der Waals surface area (Å²) in [4.78, 5) is 38.9. The molecule has 5 aromatic rings. The van der Waals surface area contributed by atoms with Crippen molar-refractivity contribution in [1.82, 2.24) is 14.9 Å². The normalized spacial score (nSPS) is 13.6. The highest BCUT2D eigenvalue weighted by Crippen LogP contribution is 2.31. The van der Waals surface area contributed by atoms with Gasteiger partial charge in [-0.15, -0.1) is 0 Å². The third-order valence-corrected chi connectivity index (χ3v) is 6.49. The summed E-state index contributed by atoms with van der Waals surface area (Å²) >= 11 is 0. The summed E-state index contributed by atoms with van der Waals surface area (Å²) in [6.45, 7) is 2.29. The molecule has 0 N–H and O–H groups in total. The number of aromatic nitrogens is 2. The highest BCUT2D eigenvalue weighted by molar-refractivity contribution is 5.95. The standard InChI is InChI=1S/C29H24N4O5/c34-26(33-14-12-32(13-15-33)21-6-2-1-3-7-21)19-38-29(35)20-10-11-22-23(18-20)31-28(25-9-5-17-37-25)27(30-22)24-8-4-16-36-24/h1-11,16-18H,12-15,19H2. The van der Waals surface area contributed by atoms with E-state index in [9.17, 15) is 9.59 Å². The van der Waals surface area contributed by atoms with Gasteiger partial charge in [0.15, 0.2) is 18.1 Å². The van der Waals surface area contributed by atoms with E-state index in [4.69, 9.17) is 23.5 Å². The second-order valence-electron chi connectivity index (χ2n) is 8.86. The number of amides is 1. The number of nitrogens with zero attached hydrogens (tertiary/aromatic N) is 4. The number of hydrogen-bond donors (Lipinski definition) is 0. The molecule has 1 amide bonds. The van der Waals surface area contributed by atoms with E-state index in [0.29, 0.717) is 47.0 Å². The number of hydrogen-bond acceptors (Lipinski definition) is 8. The van der Waals surface area contributed by atoms with Gasteiger partial charge in [0.25, 0.3) is 5.91 Å². The highest BCUT2D eigenvalue weighted by atomic mass is 16.5. The fourth-order valence-corrected chi connectivity index (χ4v) is 4.51. The van der Waals surface area contributed by atoms with Crippen LogP contribution in [0.1, 0.15) is 10.4 Å². The molecule has 1 aliphatic rings. The number of furan rings is 2. The number of fused-ring (bicyclic) bond motifs is 1. The first-order valence-corrected chi connectivity index (χ1v) is 12.3. The fourth-order valence-electron chi connectivity index (χ4n) is 4.51. The van der Waals surface area contributed by atoms with Crippen molar-refractivity contribution in [3.05, 3.63) is 90.9 Å². The van der Waals surface area contributed by atoms with Crippen molar-refractivity contribution in [1.29, 1.82) is 0 Å². The van der Waals surface area contributed by atoms with Crippen molar-refractivity contribution in [3.8, 4) is 22.9 Å². The van der Waals surface area contributed by atoms with Crippen molar-refractivity contribution in [2.75, 3.05) is 37.7 Å². The summed E-state index contributed by atoms with van der Waals surface area (Å²) in [5.41, 5.74) is 3.51. The molecular formula is C29H24N4O5. The summed E-state index contributed by atoms with van der Waals surface area (Å²) in [5.74, 6) is 0.267. The Bertz CT molecular complexity index is 1560. The second-order valence-corrected chi connectivity index (χ2v) is 8.86. The zero-order valence-electron chi connectivity index (χ0n) is 20.4. The average molecular weight is 509 g/mol. The molecule has 6 rings (SSSR count). The Hall–Kier alpha value is -4.92. The van der Waals surface area contributed by atoms with Crippen LogP contribution >= 0.6 is 0 Å². The maximum atomic E-state index is 12.8. The van der Waals surface area contributed by atoms with Gasteiger partial charge in [-0.3, -0.25) is 4.79 Å². The van der Waals surface area contributed by atoms with Crippen LogP contribution in [-0.2, 0) is 9.53 Å². The molecule has 3 aromatic heterocycles. The summed E-state index contributed by atoms with van der Waals surface area (Å²) in [5, 5.41) is 0. The Morgan fingerprint density at radius 1 is 0.763 bits per heavy atom. The number of rotatable bonds is 6. The minimum atomic E-state index is -0.598. The van der Waals surface area contributed by atoms with Crippen LogP contribution in [0.2, 0.25) is 0 Å². The molecule has 9 heteroatoms. The first kappa shape index (κ1) is 23.5. The molecule has 0 spiro atoms. The van der Waals surface area contributed by atoms with Crippen LogP contribution in [0.4, 0.5) is 5.69 Å². The Kier molecular flexibility index (Phi) is 6.31. The summed E-state index contributed by atoms with van der Waals surface area (Å²) < 4.78 is 16.5. The lowest BCUT2D eigenvalue weighted by Crippen LogP contribution is -2.49. The molecule has 1 saturated heterocycles. The van der Waals surface area contributed by atoms with Crippen molar-refractivity contribution >= 4 is 28.6 Å². The van der Waals surface area contributed by atoms with Gasteiger partial charge in [0.05, 0.1) is 29.1 Å². The van der Waals surface area contributed by atoms with E-state index in [-0.39, 0.29) is 18.1 Å². The smallest absolute Gasteiger partial charge is 0.338 e. The number of ether oxygens (including phenoxy) is 1. The molecule has 38 heavy (non-hydrogen) atoms. The lowest BCUT2D eigenvalue weighted by Gasteiger charge is -2.36. The predicted molar refractivity (Wildman–Crippen MR) is 140 cm³/mol. The van der Waals surface area contributed by atoms with Crippen LogP contribution in [0, 0.1) is 0 Å². The number of anilines is 1. The molecule has 0 atom stereocenters. The van der Waals surface area contributed by atoms with Crippen LogP contribution in [0.15, 0.2) is 94.2 Å². The summed E-state index contributed by atoms with van der Waals surface area (Å²) in [6.07, 6.45) is 3.12. The van der Waals surface area contributed by atoms with E-state index < -0.39 is 5.97 Å². The van der Waals surface area contributed by atoms with Crippen molar-refractivity contribution in [2.45, 2.75) is 0 Å². The van der Waals surface area contributed by atoms with E-state index in [1.165, 1.54) is 0 Å². The topological polar surface area (TPSA) is 102 Å². The van der Waals surface area contributed by atoms with E-state index in [2.05, 4.69) is 17.0 Å². The first-order valence-electron chi connectivity index (χ1n) is 12.3. The number of esters is 1. The lowest BCUT2D eigenvalue weighted by molar-refractivity contribution is -0.134. The van der Waals surface area contributed by atoms with Gasteiger partial charge in [0, 0.05) is 31.9 Å². The molecule has 0 radical (unpaired) electrons. The van der Waals surface area contributed by atoms with Crippen molar-refractivity contribution in [2.24, 2.45) is 0 Å². The molecule has 190 valence electrons. The average Bonchev–Trinajstić information content (AvgIpc) is 3.71. The van der Waals surface area contributed by atoms with E-state index in [1.54, 1.807) is 59.9 Å². The predicted octanol–water partition coefficient (Wildman–Crippen LogP) is 4.66. The zero-order chi connectivity index (χ0) is 25.9. The number of benzene rings is 2. The van der Waals surface area contributed by atoms with Crippen LogP contribution < -0.4 is 4.90 Å². The van der Waals surface area contributed by atoms with E-state index in [1.807, 2.05) is 18.2 Å². The van der Waals surface area contributed by atoms with E-state index >= 15 is 0 Å². The maximum Gasteiger partial charge on any atom is 0.338 e. The van der Waals surface area contributed by atoms with Gasteiger partial charge in [-0.1, -0.05) is 18.2 Å².